The standard InChI is InChI=1S/C10H13NO.2C2H6/c1-8-3-2-4-9(5-8)11-6-10(12)7-11;2*1-2/h2-5,10,12H,6-7H2,1H3;2*1-2H3. The molecule has 1 aromatic rings. The molecule has 1 aliphatic heterocycles. The molecule has 0 aliphatic carbocycles. The minimum atomic E-state index is -0.120. The molecule has 0 aromatic heterocycles. The summed E-state index contributed by atoms with van der Waals surface area (Å²) >= 11 is 0. The van der Waals surface area contributed by atoms with Gasteiger partial charge in [0.05, 0.1) is 6.10 Å². The Kier molecular flexibility index (Phi) is 7.65. The Morgan fingerprint density at radius 1 is 1.12 bits per heavy atom. The van der Waals surface area contributed by atoms with Crippen LogP contribution in [-0.4, -0.2) is 24.3 Å². The van der Waals surface area contributed by atoms with Gasteiger partial charge in [0, 0.05) is 18.8 Å². The third-order valence-electron chi connectivity index (χ3n) is 2.23. The van der Waals surface area contributed by atoms with E-state index in [1.807, 2.05) is 27.7 Å². The van der Waals surface area contributed by atoms with E-state index in [-0.39, 0.29) is 6.10 Å². The monoisotopic (exact) mass is 223 g/mol. The normalized spacial score (nSPS) is 14.0. The van der Waals surface area contributed by atoms with E-state index in [9.17, 15) is 0 Å². The minimum absolute atomic E-state index is 0.120. The number of β-amino-alcohol motifs (C(OH)–C–C–N with tert-alkyl or cyclic N) is 1. The summed E-state index contributed by atoms with van der Waals surface area (Å²) in [5.41, 5.74) is 2.49. The number of benzene rings is 1. The Balaban J connectivity index is 0.000000509. The van der Waals surface area contributed by atoms with E-state index in [0.29, 0.717) is 0 Å². The lowest BCUT2D eigenvalue weighted by atomic mass is 10.1. The lowest BCUT2D eigenvalue weighted by Crippen LogP contribution is -2.50. The molecular weight excluding hydrogens is 198 g/mol. The molecule has 0 atom stereocenters. The quantitative estimate of drug-likeness (QED) is 0.790. The van der Waals surface area contributed by atoms with Crippen molar-refractivity contribution < 1.29 is 5.11 Å². The van der Waals surface area contributed by atoms with E-state index in [4.69, 9.17) is 5.11 Å². The second kappa shape index (κ2) is 8.17. The van der Waals surface area contributed by atoms with Gasteiger partial charge < -0.3 is 10.0 Å². The van der Waals surface area contributed by atoms with Gasteiger partial charge in [0.25, 0.3) is 0 Å². The molecule has 1 aromatic carbocycles. The Morgan fingerprint density at radius 3 is 2.12 bits per heavy atom. The van der Waals surface area contributed by atoms with Crippen LogP contribution in [0, 0.1) is 6.92 Å². The van der Waals surface area contributed by atoms with Crippen LogP contribution < -0.4 is 4.90 Å². The highest BCUT2D eigenvalue weighted by molar-refractivity contribution is 5.50. The van der Waals surface area contributed by atoms with Gasteiger partial charge in [-0.1, -0.05) is 39.8 Å². The second-order valence-corrected chi connectivity index (χ2v) is 3.40. The smallest absolute Gasteiger partial charge is 0.0889 e. The van der Waals surface area contributed by atoms with Crippen LogP contribution in [0.3, 0.4) is 0 Å². The number of hydrogen-bond donors (Lipinski definition) is 1. The molecule has 0 spiro atoms. The highest BCUT2D eigenvalue weighted by atomic mass is 16.3. The van der Waals surface area contributed by atoms with E-state index in [2.05, 4.69) is 36.1 Å². The van der Waals surface area contributed by atoms with Crippen LogP contribution in [0.5, 0.6) is 0 Å². The number of aliphatic hydroxyl groups is 1. The molecule has 2 nitrogen and oxygen atoms in total. The van der Waals surface area contributed by atoms with Crippen LogP contribution in [-0.2, 0) is 0 Å². The molecule has 1 fully saturated rings. The number of aliphatic hydroxyl groups excluding tert-OH is 1. The molecule has 92 valence electrons. The maximum absolute atomic E-state index is 9.11. The summed E-state index contributed by atoms with van der Waals surface area (Å²) < 4.78 is 0. The number of nitrogens with zero attached hydrogens (tertiary/aromatic N) is 1. The zero-order valence-electron chi connectivity index (χ0n) is 11.2. The van der Waals surface area contributed by atoms with Crippen LogP contribution in [0.1, 0.15) is 33.3 Å². The molecule has 1 aliphatic rings. The minimum Gasteiger partial charge on any atom is -0.389 e. The molecule has 2 heteroatoms. The van der Waals surface area contributed by atoms with Gasteiger partial charge in [0.15, 0.2) is 0 Å². The summed E-state index contributed by atoms with van der Waals surface area (Å²) in [4.78, 5) is 2.18. The number of rotatable bonds is 1. The number of anilines is 1. The molecular formula is C14H25NO. The highest BCUT2D eigenvalue weighted by Gasteiger charge is 2.23. The van der Waals surface area contributed by atoms with Crippen LogP contribution in [0.2, 0.25) is 0 Å². The lowest BCUT2D eigenvalue weighted by Gasteiger charge is -2.38. The van der Waals surface area contributed by atoms with Crippen molar-refractivity contribution in [2.45, 2.75) is 40.7 Å². The number of aryl methyl sites for hydroxylation is 1. The fraction of sp³-hybridized carbons (Fsp3) is 0.571. The van der Waals surface area contributed by atoms with E-state index in [1.54, 1.807) is 0 Å². The predicted molar refractivity (Wildman–Crippen MR) is 72.1 cm³/mol. The van der Waals surface area contributed by atoms with Crippen LogP contribution >= 0.6 is 0 Å². The average molecular weight is 223 g/mol. The Labute approximate surface area is 99.9 Å². The Hall–Kier alpha value is -1.02. The first-order valence-corrected chi connectivity index (χ1v) is 6.25. The second-order valence-electron chi connectivity index (χ2n) is 3.40. The van der Waals surface area contributed by atoms with E-state index < -0.39 is 0 Å². The average Bonchev–Trinajstić information content (AvgIpc) is 2.30. The molecule has 1 saturated heterocycles. The topological polar surface area (TPSA) is 23.5 Å². The predicted octanol–water partition coefficient (Wildman–Crippen LogP) is 3.23. The molecule has 0 saturated carbocycles. The largest absolute Gasteiger partial charge is 0.389 e. The van der Waals surface area contributed by atoms with Gasteiger partial charge >= 0.3 is 0 Å². The summed E-state index contributed by atoms with van der Waals surface area (Å²) in [6, 6.07) is 8.36. The van der Waals surface area contributed by atoms with Crippen molar-refractivity contribution in [2.75, 3.05) is 18.0 Å². The van der Waals surface area contributed by atoms with Crippen molar-refractivity contribution in [3.8, 4) is 0 Å². The van der Waals surface area contributed by atoms with Crippen molar-refractivity contribution >= 4 is 5.69 Å². The maximum atomic E-state index is 9.11. The van der Waals surface area contributed by atoms with E-state index >= 15 is 0 Å². The summed E-state index contributed by atoms with van der Waals surface area (Å²) in [5.74, 6) is 0. The summed E-state index contributed by atoms with van der Waals surface area (Å²) in [6.45, 7) is 11.6. The zero-order valence-corrected chi connectivity index (χ0v) is 11.2. The molecule has 0 bridgehead atoms. The van der Waals surface area contributed by atoms with Gasteiger partial charge in [-0.15, -0.1) is 0 Å². The van der Waals surface area contributed by atoms with Crippen molar-refractivity contribution in [1.82, 2.24) is 0 Å². The van der Waals surface area contributed by atoms with Crippen molar-refractivity contribution in [2.24, 2.45) is 0 Å². The van der Waals surface area contributed by atoms with Crippen molar-refractivity contribution in [1.29, 1.82) is 0 Å². The Bertz CT molecular complexity index is 280. The Morgan fingerprint density at radius 2 is 1.69 bits per heavy atom. The van der Waals surface area contributed by atoms with Gasteiger partial charge in [-0.05, 0) is 24.6 Å². The first kappa shape index (κ1) is 15.0. The maximum Gasteiger partial charge on any atom is 0.0889 e. The van der Waals surface area contributed by atoms with E-state index in [0.717, 1.165) is 13.1 Å². The summed E-state index contributed by atoms with van der Waals surface area (Å²) in [5, 5.41) is 9.11. The summed E-state index contributed by atoms with van der Waals surface area (Å²) in [7, 11) is 0. The molecule has 2 rings (SSSR count). The van der Waals surface area contributed by atoms with Gasteiger partial charge in [-0.3, -0.25) is 0 Å². The molecule has 0 unspecified atom stereocenters. The number of hydrogen-bond acceptors (Lipinski definition) is 2. The fourth-order valence-electron chi connectivity index (χ4n) is 1.49. The highest BCUT2D eigenvalue weighted by Crippen LogP contribution is 2.21. The van der Waals surface area contributed by atoms with Gasteiger partial charge in [-0.2, -0.15) is 0 Å². The molecule has 0 amide bonds. The first-order valence-electron chi connectivity index (χ1n) is 6.25. The molecule has 16 heavy (non-hydrogen) atoms. The molecule has 0 radical (unpaired) electrons. The lowest BCUT2D eigenvalue weighted by molar-refractivity contribution is 0.142. The molecule has 1 N–H and O–H groups in total. The van der Waals surface area contributed by atoms with E-state index in [1.165, 1.54) is 11.3 Å². The van der Waals surface area contributed by atoms with Gasteiger partial charge in [0.1, 0.15) is 0 Å². The van der Waals surface area contributed by atoms with Gasteiger partial charge in [-0.25, -0.2) is 0 Å². The SMILES string of the molecule is CC.CC.Cc1cccc(N2CC(O)C2)c1. The summed E-state index contributed by atoms with van der Waals surface area (Å²) in [6.07, 6.45) is -0.120. The third-order valence-corrected chi connectivity index (χ3v) is 2.23. The fourth-order valence-corrected chi connectivity index (χ4v) is 1.49. The van der Waals surface area contributed by atoms with Gasteiger partial charge in [0.2, 0.25) is 0 Å². The van der Waals surface area contributed by atoms with Crippen LogP contribution in [0.4, 0.5) is 5.69 Å². The van der Waals surface area contributed by atoms with Crippen LogP contribution in [0.25, 0.3) is 0 Å². The van der Waals surface area contributed by atoms with Crippen molar-refractivity contribution in [3.05, 3.63) is 29.8 Å². The molecule has 1 heterocycles. The third kappa shape index (κ3) is 4.23. The van der Waals surface area contributed by atoms with Crippen molar-refractivity contribution in [3.63, 3.8) is 0 Å². The zero-order chi connectivity index (χ0) is 12.6. The van der Waals surface area contributed by atoms with Crippen LogP contribution in [0.15, 0.2) is 24.3 Å². The first-order chi connectivity index (χ1) is 7.75.